The predicted octanol–water partition coefficient (Wildman–Crippen LogP) is 5.97. The second-order valence-corrected chi connectivity index (χ2v) is 9.92. The van der Waals surface area contributed by atoms with Crippen molar-refractivity contribution < 1.29 is 23.9 Å². The zero-order chi connectivity index (χ0) is 30.8. The van der Waals surface area contributed by atoms with Gasteiger partial charge in [-0.25, -0.2) is 19.7 Å². The van der Waals surface area contributed by atoms with Gasteiger partial charge >= 0.3 is 5.97 Å². The molecule has 3 rings (SSSR count). The van der Waals surface area contributed by atoms with Crippen LogP contribution < -0.4 is 15.0 Å². The van der Waals surface area contributed by atoms with Crippen LogP contribution in [0.15, 0.2) is 48.7 Å². The number of allylic oxidation sites excluding steroid dienone is 1. The fourth-order valence-electron chi connectivity index (χ4n) is 4.57. The molecule has 0 aliphatic rings. The number of hydrogen-bond donors (Lipinski definition) is 1. The number of nitro benzene ring substituents is 1. The first-order chi connectivity index (χ1) is 20.1. The van der Waals surface area contributed by atoms with Crippen molar-refractivity contribution in [1.82, 2.24) is 14.9 Å². The van der Waals surface area contributed by atoms with Crippen LogP contribution in [0, 0.1) is 10.1 Å². The van der Waals surface area contributed by atoms with Crippen LogP contribution in [0.25, 0.3) is 5.57 Å². The molecule has 1 heterocycles. The van der Waals surface area contributed by atoms with E-state index < -0.39 is 10.9 Å². The largest absolute Gasteiger partial charge is 0.494 e. The van der Waals surface area contributed by atoms with Gasteiger partial charge in [0.15, 0.2) is 0 Å². The fourth-order valence-corrected chi connectivity index (χ4v) is 4.57. The number of nitrogens with zero attached hydrogens (tertiary/aromatic N) is 5. The van der Waals surface area contributed by atoms with E-state index in [1.54, 1.807) is 31.4 Å². The lowest BCUT2D eigenvalue weighted by Gasteiger charge is -2.22. The second-order valence-electron chi connectivity index (χ2n) is 9.92. The van der Waals surface area contributed by atoms with Crippen LogP contribution >= 0.6 is 0 Å². The van der Waals surface area contributed by atoms with Crippen molar-refractivity contribution in [1.29, 1.82) is 0 Å². The first-order valence-corrected chi connectivity index (χ1v) is 13.6. The van der Waals surface area contributed by atoms with Gasteiger partial charge < -0.3 is 19.9 Å². The highest BCUT2D eigenvalue weighted by atomic mass is 19.3. The van der Waals surface area contributed by atoms with Crippen molar-refractivity contribution in [3.05, 3.63) is 81.2 Å². The summed E-state index contributed by atoms with van der Waals surface area (Å²) < 4.78 is 18.5. The number of unbranched alkanes of at least 4 members (excludes halogenated alkanes) is 1. The number of nitro groups is 1. The number of nitrogens with one attached hydrogen (secondary N) is 1. The van der Waals surface area contributed by atoms with Crippen molar-refractivity contribution in [2.45, 2.75) is 33.1 Å². The maximum Gasteiger partial charge on any atom is 0.379 e. The molecule has 0 saturated carbocycles. The lowest BCUT2D eigenvalue weighted by atomic mass is 9.90. The van der Waals surface area contributed by atoms with Crippen LogP contribution in [0.3, 0.4) is 0 Å². The number of hydrogen-bond acceptors (Lipinski definition) is 10. The van der Waals surface area contributed by atoms with E-state index in [1.807, 2.05) is 49.9 Å². The molecule has 0 spiro atoms. The van der Waals surface area contributed by atoms with Crippen molar-refractivity contribution in [2.75, 3.05) is 51.6 Å². The molecule has 0 unspecified atom stereocenters. The zero-order valence-electron chi connectivity index (χ0n) is 24.8. The number of benzene rings is 2. The molecule has 0 aliphatic carbocycles. The molecule has 0 radical (unpaired) electrons. The average molecular weight is 581 g/mol. The number of methoxy groups -OCH3 is 1. The molecule has 0 amide bonds. The van der Waals surface area contributed by atoms with Gasteiger partial charge in [0.2, 0.25) is 5.95 Å². The third-order valence-electron chi connectivity index (χ3n) is 6.79. The first-order valence-electron chi connectivity index (χ1n) is 13.6. The minimum Gasteiger partial charge on any atom is -0.494 e. The average Bonchev–Trinajstić information content (AvgIpc) is 2.98. The van der Waals surface area contributed by atoms with E-state index in [9.17, 15) is 19.4 Å². The molecule has 0 fully saturated rings. The fraction of sp³-hybridized carbons (Fsp3) is 0.367. The normalized spacial score (nSPS) is 11.4. The van der Waals surface area contributed by atoms with E-state index in [2.05, 4.69) is 20.2 Å². The maximum absolute atomic E-state index is 12.9. The Kier molecular flexibility index (Phi) is 11.3. The van der Waals surface area contributed by atoms with E-state index in [1.165, 1.54) is 19.2 Å². The zero-order valence-corrected chi connectivity index (χ0v) is 24.8. The van der Waals surface area contributed by atoms with Gasteiger partial charge in [0.25, 0.3) is 5.69 Å². The Balaban J connectivity index is 2.03. The SMILES string of the molecule is C/C=C(/c1ccnc(Nc2cc([N+](=O)[O-])c(N(C)CCN(C)C)cc2OC)n1)c1cccc(C(=O)OF)c1CCCC. The summed E-state index contributed by atoms with van der Waals surface area (Å²) >= 11 is 0. The van der Waals surface area contributed by atoms with E-state index in [0.717, 1.165) is 18.4 Å². The van der Waals surface area contributed by atoms with Crippen molar-refractivity contribution >= 4 is 34.6 Å². The topological polar surface area (TPSA) is 123 Å². The lowest BCUT2D eigenvalue weighted by molar-refractivity contribution is -0.384. The number of carbonyl (C=O) groups excluding carboxylic acids is 1. The summed E-state index contributed by atoms with van der Waals surface area (Å²) in [5.41, 5.74) is 3.42. The van der Waals surface area contributed by atoms with Crippen molar-refractivity contribution in [2.24, 2.45) is 0 Å². The molecule has 0 saturated heterocycles. The summed E-state index contributed by atoms with van der Waals surface area (Å²) in [5, 5.41) is 15.1. The molecular formula is C30H37FN6O5. The minimum absolute atomic E-state index is 0.0954. The number of likely N-dealkylation sites (N-methyl/N-ethyl adjacent to an activating group) is 2. The Hall–Kier alpha value is -4.58. The first kappa shape index (κ1) is 31.9. The van der Waals surface area contributed by atoms with Crippen LogP contribution in [-0.4, -0.2) is 67.1 Å². The Morgan fingerprint density at radius 3 is 2.52 bits per heavy atom. The smallest absolute Gasteiger partial charge is 0.379 e. The van der Waals surface area contributed by atoms with Gasteiger partial charge in [0.05, 0.1) is 29.0 Å². The number of anilines is 3. The van der Waals surface area contributed by atoms with Gasteiger partial charge in [-0.1, -0.05) is 31.6 Å². The summed E-state index contributed by atoms with van der Waals surface area (Å²) in [5.74, 6) is -0.484. The van der Waals surface area contributed by atoms with E-state index in [4.69, 9.17) is 4.74 Å². The highest BCUT2D eigenvalue weighted by Crippen LogP contribution is 2.39. The number of rotatable bonds is 14. The molecule has 2 aromatic carbocycles. The van der Waals surface area contributed by atoms with Crippen LogP contribution in [0.1, 0.15) is 53.9 Å². The molecule has 42 heavy (non-hydrogen) atoms. The molecule has 1 aromatic heterocycles. The van der Waals surface area contributed by atoms with Gasteiger partial charge in [-0.2, -0.15) is 0 Å². The monoisotopic (exact) mass is 580 g/mol. The van der Waals surface area contributed by atoms with Gasteiger partial charge in [0, 0.05) is 48.6 Å². The summed E-state index contributed by atoms with van der Waals surface area (Å²) in [6.07, 6.45) is 5.62. The maximum atomic E-state index is 12.9. The summed E-state index contributed by atoms with van der Waals surface area (Å²) in [6.45, 7) is 5.15. The number of carbonyl (C=O) groups is 1. The Morgan fingerprint density at radius 2 is 1.90 bits per heavy atom. The quantitative estimate of drug-likeness (QED) is 0.180. The summed E-state index contributed by atoms with van der Waals surface area (Å²) in [7, 11) is 7.15. The Morgan fingerprint density at radius 1 is 1.17 bits per heavy atom. The standard InChI is InChI=1S/C30H37FN6O5/c1-7-9-11-22-21(12-10-13-23(22)29(38)42-31)20(8-2)24-14-15-32-30(33-24)34-25-18-27(37(39)40)26(19-28(25)41-6)36(5)17-16-35(3)4/h8,10,12-15,18-19H,7,9,11,16-17H2,1-6H3,(H,32,33,34)/b20-8+. The van der Waals surface area contributed by atoms with Crippen LogP contribution in [0.5, 0.6) is 5.75 Å². The predicted molar refractivity (Wildman–Crippen MR) is 161 cm³/mol. The lowest BCUT2D eigenvalue weighted by Crippen LogP contribution is -2.28. The van der Waals surface area contributed by atoms with Crippen molar-refractivity contribution in [3.63, 3.8) is 0 Å². The molecule has 0 aliphatic heterocycles. The molecule has 0 bridgehead atoms. The molecule has 1 N–H and O–H groups in total. The van der Waals surface area contributed by atoms with Gasteiger partial charge in [-0.3, -0.25) is 10.1 Å². The molecule has 3 aromatic rings. The Labute approximate surface area is 245 Å². The van der Waals surface area contributed by atoms with Crippen LogP contribution in [0.2, 0.25) is 0 Å². The van der Waals surface area contributed by atoms with Crippen molar-refractivity contribution in [3.8, 4) is 5.75 Å². The van der Waals surface area contributed by atoms with Gasteiger partial charge in [-0.15, -0.1) is 0 Å². The molecule has 224 valence electrons. The van der Waals surface area contributed by atoms with E-state index in [0.29, 0.717) is 53.5 Å². The highest BCUT2D eigenvalue weighted by molar-refractivity contribution is 5.94. The van der Waals surface area contributed by atoms with Gasteiger partial charge in [-0.05, 0) is 57.1 Å². The Bertz CT molecular complexity index is 1450. The van der Waals surface area contributed by atoms with Crippen LogP contribution in [-0.2, 0) is 11.4 Å². The third-order valence-corrected chi connectivity index (χ3v) is 6.79. The van der Waals surface area contributed by atoms with E-state index in [-0.39, 0.29) is 17.2 Å². The molecule has 12 heteroatoms. The molecule has 11 nitrogen and oxygen atoms in total. The second kappa shape index (κ2) is 14.9. The third kappa shape index (κ3) is 7.58. The highest BCUT2D eigenvalue weighted by Gasteiger charge is 2.23. The van der Waals surface area contributed by atoms with E-state index >= 15 is 0 Å². The summed E-state index contributed by atoms with van der Waals surface area (Å²) in [4.78, 5) is 40.1. The number of halogens is 1. The number of ether oxygens (including phenoxy) is 1. The summed E-state index contributed by atoms with van der Waals surface area (Å²) in [6, 6.07) is 9.79. The molecular weight excluding hydrogens is 543 g/mol. The van der Waals surface area contributed by atoms with Crippen LogP contribution in [0.4, 0.5) is 27.5 Å². The molecule has 0 atom stereocenters. The number of aromatic nitrogens is 2. The minimum atomic E-state index is -1.05. The van der Waals surface area contributed by atoms with Gasteiger partial charge in [0.1, 0.15) is 11.4 Å².